The first-order valence-corrected chi connectivity index (χ1v) is 8.79. The maximum atomic E-state index is 5.86. The van der Waals surface area contributed by atoms with Gasteiger partial charge in [-0.3, -0.25) is 0 Å². The van der Waals surface area contributed by atoms with Crippen LogP contribution in [-0.4, -0.2) is 18.6 Å². The van der Waals surface area contributed by atoms with Gasteiger partial charge in [0.15, 0.2) is 5.13 Å². The first-order valence-electron chi connectivity index (χ1n) is 6.90. The minimum Gasteiger partial charge on any atom is -0.495 e. The number of aryl methyl sites for hydroxylation is 1. The van der Waals surface area contributed by atoms with Gasteiger partial charge >= 0.3 is 0 Å². The molecule has 0 amide bonds. The minimum absolute atomic E-state index is 0.312. The molecule has 2 aromatic rings. The average Bonchev–Trinajstić information content (AvgIpc) is 2.80. The third kappa shape index (κ3) is 3.02. The molecule has 0 saturated carbocycles. The molecule has 1 atom stereocenters. The Bertz CT molecular complexity index is 648. The van der Waals surface area contributed by atoms with Crippen LogP contribution in [0.5, 0.6) is 5.75 Å². The van der Waals surface area contributed by atoms with Crippen molar-refractivity contribution >= 4 is 39.1 Å². The van der Waals surface area contributed by atoms with Crippen LogP contribution >= 0.6 is 33.9 Å². The van der Waals surface area contributed by atoms with Crippen molar-refractivity contribution in [3.8, 4) is 5.75 Å². The molecule has 3 N–H and O–H groups in total. The number of rotatable bonds is 3. The van der Waals surface area contributed by atoms with Crippen LogP contribution in [0.1, 0.15) is 27.7 Å². The zero-order valence-electron chi connectivity index (χ0n) is 12.1. The van der Waals surface area contributed by atoms with Crippen molar-refractivity contribution in [1.29, 1.82) is 0 Å². The highest BCUT2D eigenvalue weighted by molar-refractivity contribution is 14.1. The lowest BCUT2D eigenvalue weighted by Crippen LogP contribution is -2.30. The molecular weight excluding hydrogens is 397 g/mol. The van der Waals surface area contributed by atoms with Gasteiger partial charge in [-0.05, 0) is 53.1 Å². The summed E-state index contributed by atoms with van der Waals surface area (Å²) in [4.78, 5) is 5.73. The highest BCUT2D eigenvalue weighted by Crippen LogP contribution is 2.34. The van der Waals surface area contributed by atoms with Gasteiger partial charge in [-0.2, -0.15) is 0 Å². The van der Waals surface area contributed by atoms with Crippen molar-refractivity contribution in [2.45, 2.75) is 25.8 Å². The summed E-state index contributed by atoms with van der Waals surface area (Å²) in [6.07, 6.45) is 1.92. The summed E-state index contributed by atoms with van der Waals surface area (Å²) in [5.41, 5.74) is 9.52. The normalized spacial score (nSPS) is 17.6. The number of benzene rings is 1. The van der Waals surface area contributed by atoms with Gasteiger partial charge in [-0.25, -0.2) is 4.98 Å². The Labute approximate surface area is 142 Å². The Kier molecular flexibility index (Phi) is 4.37. The van der Waals surface area contributed by atoms with Gasteiger partial charge in [0.05, 0.1) is 16.4 Å². The molecule has 6 heteroatoms. The molecule has 1 aliphatic heterocycles. The number of nitrogen functional groups attached to an aromatic ring is 1. The number of halogens is 1. The number of nitrogens with zero attached hydrogens (tertiary/aromatic N) is 1. The van der Waals surface area contributed by atoms with E-state index in [-0.39, 0.29) is 0 Å². The summed E-state index contributed by atoms with van der Waals surface area (Å²) in [7, 11) is 1.72. The molecule has 3 rings (SSSR count). The van der Waals surface area contributed by atoms with E-state index in [2.05, 4.69) is 51.9 Å². The Morgan fingerprint density at radius 2 is 2.33 bits per heavy atom. The summed E-state index contributed by atoms with van der Waals surface area (Å²) in [5.74, 6) is 0.971. The van der Waals surface area contributed by atoms with E-state index in [0.29, 0.717) is 11.2 Å². The fraction of sp³-hybridized carbons (Fsp3) is 0.400. The molecule has 1 aromatic heterocycles. The number of aromatic nitrogens is 1. The number of ether oxygens (including phenoxy) is 1. The lowest BCUT2D eigenvalue weighted by Gasteiger charge is -2.23. The Morgan fingerprint density at radius 1 is 1.52 bits per heavy atom. The molecule has 0 spiro atoms. The first-order chi connectivity index (χ1) is 10.1. The predicted octanol–water partition coefficient (Wildman–Crippen LogP) is 3.08. The smallest absolute Gasteiger partial charge is 0.180 e. The third-order valence-electron chi connectivity index (χ3n) is 3.75. The standard InChI is InChI=1S/C15H18IN3OS/c1-8-5-9(6-10(16)13(8)20-2)7-12-14-11(3-4-18-12)19-15(17)21-14/h5-6,12,18H,3-4,7H2,1-2H3,(H2,17,19). The Balaban J connectivity index is 1.88. The van der Waals surface area contributed by atoms with E-state index in [1.54, 1.807) is 18.4 Å². The Hall–Kier alpha value is -0.860. The van der Waals surface area contributed by atoms with Crippen LogP contribution in [0, 0.1) is 10.5 Å². The summed E-state index contributed by atoms with van der Waals surface area (Å²) < 4.78 is 6.59. The largest absolute Gasteiger partial charge is 0.495 e. The SMILES string of the molecule is COc1c(C)cc(CC2NCCc3nc(N)sc32)cc1I. The highest BCUT2D eigenvalue weighted by Gasteiger charge is 2.24. The van der Waals surface area contributed by atoms with Crippen LogP contribution in [-0.2, 0) is 12.8 Å². The van der Waals surface area contributed by atoms with E-state index < -0.39 is 0 Å². The van der Waals surface area contributed by atoms with E-state index in [4.69, 9.17) is 10.5 Å². The van der Waals surface area contributed by atoms with Crippen molar-refractivity contribution in [1.82, 2.24) is 10.3 Å². The zero-order valence-corrected chi connectivity index (χ0v) is 15.0. The number of methoxy groups -OCH3 is 1. The van der Waals surface area contributed by atoms with Crippen LogP contribution < -0.4 is 15.8 Å². The molecule has 112 valence electrons. The monoisotopic (exact) mass is 415 g/mol. The predicted molar refractivity (Wildman–Crippen MR) is 95.1 cm³/mol. The average molecular weight is 415 g/mol. The number of hydrogen-bond acceptors (Lipinski definition) is 5. The Morgan fingerprint density at radius 3 is 3.05 bits per heavy atom. The molecule has 1 aromatic carbocycles. The number of thiazole rings is 1. The maximum absolute atomic E-state index is 5.86. The zero-order chi connectivity index (χ0) is 15.0. The molecular formula is C15H18IN3OS. The van der Waals surface area contributed by atoms with E-state index in [9.17, 15) is 0 Å². The fourth-order valence-corrected chi connectivity index (χ4v) is 4.87. The first kappa shape index (κ1) is 15.1. The van der Waals surface area contributed by atoms with Crippen LogP contribution in [0.3, 0.4) is 0 Å². The molecule has 2 heterocycles. The lowest BCUT2D eigenvalue weighted by molar-refractivity contribution is 0.408. The summed E-state index contributed by atoms with van der Waals surface area (Å²) >= 11 is 3.95. The van der Waals surface area contributed by atoms with Gasteiger partial charge in [0.1, 0.15) is 5.75 Å². The quantitative estimate of drug-likeness (QED) is 0.757. The van der Waals surface area contributed by atoms with Gasteiger partial charge in [-0.15, -0.1) is 11.3 Å². The van der Waals surface area contributed by atoms with E-state index in [0.717, 1.165) is 28.7 Å². The molecule has 1 unspecified atom stereocenters. The molecule has 0 radical (unpaired) electrons. The molecule has 1 aliphatic rings. The second-order valence-corrected chi connectivity index (χ2v) is 7.48. The summed E-state index contributed by atoms with van der Waals surface area (Å²) in [6.45, 7) is 3.06. The molecule has 0 fully saturated rings. The van der Waals surface area contributed by atoms with E-state index in [1.807, 2.05) is 0 Å². The molecule has 0 saturated heterocycles. The third-order valence-corrected chi connectivity index (χ3v) is 5.59. The van der Waals surface area contributed by atoms with Crippen molar-refractivity contribution in [2.24, 2.45) is 0 Å². The van der Waals surface area contributed by atoms with Crippen LogP contribution in [0.2, 0.25) is 0 Å². The molecule has 21 heavy (non-hydrogen) atoms. The van der Waals surface area contributed by atoms with Crippen LogP contribution in [0.15, 0.2) is 12.1 Å². The number of nitrogens with two attached hydrogens (primary N) is 1. The summed E-state index contributed by atoms with van der Waals surface area (Å²) in [6, 6.07) is 4.72. The minimum atomic E-state index is 0.312. The number of anilines is 1. The van der Waals surface area contributed by atoms with Crippen molar-refractivity contribution < 1.29 is 4.74 Å². The number of fused-ring (bicyclic) bond motifs is 1. The molecule has 0 aliphatic carbocycles. The van der Waals surface area contributed by atoms with Gasteiger partial charge < -0.3 is 15.8 Å². The second kappa shape index (κ2) is 6.10. The van der Waals surface area contributed by atoms with Crippen LogP contribution in [0.4, 0.5) is 5.13 Å². The topological polar surface area (TPSA) is 60.2 Å². The van der Waals surface area contributed by atoms with Gasteiger partial charge in [0.2, 0.25) is 0 Å². The maximum Gasteiger partial charge on any atom is 0.180 e. The second-order valence-electron chi connectivity index (χ2n) is 5.25. The van der Waals surface area contributed by atoms with E-state index >= 15 is 0 Å². The molecule has 4 nitrogen and oxygen atoms in total. The number of nitrogens with one attached hydrogen (secondary N) is 1. The van der Waals surface area contributed by atoms with E-state index in [1.165, 1.54) is 21.7 Å². The highest BCUT2D eigenvalue weighted by atomic mass is 127. The fourth-order valence-electron chi connectivity index (χ4n) is 2.87. The van der Waals surface area contributed by atoms with Gasteiger partial charge in [0, 0.05) is 23.9 Å². The van der Waals surface area contributed by atoms with Crippen LogP contribution in [0.25, 0.3) is 0 Å². The van der Waals surface area contributed by atoms with Gasteiger partial charge in [0.25, 0.3) is 0 Å². The number of hydrogen-bond donors (Lipinski definition) is 2. The van der Waals surface area contributed by atoms with Crippen molar-refractivity contribution in [2.75, 3.05) is 19.4 Å². The van der Waals surface area contributed by atoms with Crippen molar-refractivity contribution in [3.63, 3.8) is 0 Å². The van der Waals surface area contributed by atoms with Gasteiger partial charge in [-0.1, -0.05) is 6.07 Å². The molecule has 0 bridgehead atoms. The lowest BCUT2D eigenvalue weighted by atomic mass is 9.98. The van der Waals surface area contributed by atoms with Crippen molar-refractivity contribution in [3.05, 3.63) is 37.4 Å². The summed E-state index contributed by atoms with van der Waals surface area (Å²) in [5, 5.41) is 4.26.